The van der Waals surface area contributed by atoms with E-state index >= 15 is 0 Å². The monoisotopic (exact) mass is 347 g/mol. The molecule has 114 valence electrons. The summed E-state index contributed by atoms with van der Waals surface area (Å²) in [7, 11) is 0. The van der Waals surface area contributed by atoms with Crippen LogP contribution in [0.3, 0.4) is 0 Å². The van der Waals surface area contributed by atoms with Gasteiger partial charge in [-0.1, -0.05) is 19.1 Å². The lowest BCUT2D eigenvalue weighted by molar-refractivity contribution is -0.153. The number of rotatable bonds is 9. The van der Waals surface area contributed by atoms with Crippen molar-refractivity contribution in [2.24, 2.45) is 0 Å². The van der Waals surface area contributed by atoms with Crippen LogP contribution < -0.4 is 5.32 Å². The zero-order valence-electron chi connectivity index (χ0n) is 12.3. The van der Waals surface area contributed by atoms with E-state index in [4.69, 9.17) is 9.47 Å². The first kappa shape index (κ1) is 17.6. The standard InChI is InChI=1S/C15H23BrFNO2/c1-4-18-13(15(19-5-2)20-6-3)10-11-8-7-9-12(17)14(11)16/h7-9,13,15,18H,4-6,10H2,1-3H3. The Morgan fingerprint density at radius 1 is 1.20 bits per heavy atom. The summed E-state index contributed by atoms with van der Waals surface area (Å²) in [6.45, 7) is 7.87. The molecule has 0 saturated heterocycles. The Balaban J connectivity index is 2.86. The third kappa shape index (κ3) is 5.13. The van der Waals surface area contributed by atoms with Crippen molar-refractivity contribution in [3.63, 3.8) is 0 Å². The highest BCUT2D eigenvalue weighted by molar-refractivity contribution is 9.10. The van der Waals surface area contributed by atoms with Gasteiger partial charge in [-0.15, -0.1) is 0 Å². The minimum atomic E-state index is -0.333. The van der Waals surface area contributed by atoms with Crippen LogP contribution in [0.2, 0.25) is 0 Å². The van der Waals surface area contributed by atoms with Gasteiger partial charge in [0.2, 0.25) is 0 Å². The Bertz CT molecular complexity index is 397. The molecule has 20 heavy (non-hydrogen) atoms. The van der Waals surface area contributed by atoms with E-state index in [1.54, 1.807) is 6.07 Å². The van der Waals surface area contributed by atoms with Crippen LogP contribution in [0.15, 0.2) is 22.7 Å². The van der Waals surface area contributed by atoms with Crippen molar-refractivity contribution in [2.45, 2.75) is 39.5 Å². The van der Waals surface area contributed by atoms with Crippen LogP contribution in [0.25, 0.3) is 0 Å². The molecule has 3 nitrogen and oxygen atoms in total. The van der Waals surface area contributed by atoms with Crippen LogP contribution >= 0.6 is 15.9 Å². The van der Waals surface area contributed by atoms with E-state index in [1.165, 1.54) is 6.07 Å². The molecule has 1 N–H and O–H groups in total. The largest absolute Gasteiger partial charge is 0.351 e. The highest BCUT2D eigenvalue weighted by Crippen LogP contribution is 2.22. The molecule has 0 saturated carbocycles. The van der Waals surface area contributed by atoms with Crippen molar-refractivity contribution in [3.8, 4) is 0 Å². The lowest BCUT2D eigenvalue weighted by Crippen LogP contribution is -2.44. The lowest BCUT2D eigenvalue weighted by atomic mass is 10.1. The normalized spacial score (nSPS) is 12.9. The Morgan fingerprint density at radius 2 is 1.85 bits per heavy atom. The average Bonchev–Trinajstić information content (AvgIpc) is 2.43. The molecule has 1 aromatic rings. The van der Waals surface area contributed by atoms with Gasteiger partial charge in [-0.05, 0) is 54.4 Å². The van der Waals surface area contributed by atoms with Crippen molar-refractivity contribution >= 4 is 15.9 Å². The second kappa shape index (κ2) is 9.45. The van der Waals surface area contributed by atoms with E-state index in [0.717, 1.165) is 12.1 Å². The fourth-order valence-corrected chi connectivity index (χ4v) is 2.50. The van der Waals surface area contributed by atoms with Crippen LogP contribution in [-0.4, -0.2) is 32.1 Å². The molecule has 5 heteroatoms. The van der Waals surface area contributed by atoms with Crippen LogP contribution in [0.1, 0.15) is 26.3 Å². The van der Waals surface area contributed by atoms with E-state index in [1.807, 2.05) is 26.8 Å². The second-order valence-electron chi connectivity index (χ2n) is 4.36. The van der Waals surface area contributed by atoms with E-state index in [2.05, 4.69) is 21.2 Å². The number of benzene rings is 1. The van der Waals surface area contributed by atoms with Gasteiger partial charge >= 0.3 is 0 Å². The molecule has 1 unspecified atom stereocenters. The summed E-state index contributed by atoms with van der Waals surface area (Å²) < 4.78 is 25.4. The van der Waals surface area contributed by atoms with Gasteiger partial charge in [-0.2, -0.15) is 0 Å². The van der Waals surface area contributed by atoms with Gasteiger partial charge in [0.1, 0.15) is 5.82 Å². The van der Waals surface area contributed by atoms with Gasteiger partial charge in [0, 0.05) is 13.2 Å². The van der Waals surface area contributed by atoms with Gasteiger partial charge in [0.25, 0.3) is 0 Å². The number of likely N-dealkylation sites (N-methyl/N-ethyl adjacent to an activating group) is 1. The first-order valence-corrected chi connectivity index (χ1v) is 7.82. The first-order chi connectivity index (χ1) is 9.63. The zero-order valence-corrected chi connectivity index (χ0v) is 13.9. The summed E-state index contributed by atoms with van der Waals surface area (Å²) >= 11 is 3.30. The molecule has 0 fully saturated rings. The summed E-state index contributed by atoms with van der Waals surface area (Å²) in [5.41, 5.74) is 0.903. The molecule has 0 bridgehead atoms. The number of ether oxygens (including phenoxy) is 2. The first-order valence-electron chi connectivity index (χ1n) is 7.03. The molecule has 0 aliphatic heterocycles. The van der Waals surface area contributed by atoms with Crippen molar-refractivity contribution in [3.05, 3.63) is 34.1 Å². The number of hydrogen-bond donors (Lipinski definition) is 1. The molecule has 1 rings (SSSR count). The second-order valence-corrected chi connectivity index (χ2v) is 5.15. The summed E-state index contributed by atoms with van der Waals surface area (Å²) in [5, 5.41) is 3.35. The van der Waals surface area contributed by atoms with Gasteiger partial charge in [-0.25, -0.2) is 4.39 Å². The predicted molar refractivity (Wildman–Crippen MR) is 82.3 cm³/mol. The smallest absolute Gasteiger partial charge is 0.172 e. The minimum Gasteiger partial charge on any atom is -0.351 e. The molecule has 0 aromatic heterocycles. The molecule has 1 atom stereocenters. The molecule has 0 spiro atoms. The van der Waals surface area contributed by atoms with Crippen LogP contribution in [-0.2, 0) is 15.9 Å². The Morgan fingerprint density at radius 3 is 2.40 bits per heavy atom. The quantitative estimate of drug-likeness (QED) is 0.693. The summed E-state index contributed by atoms with van der Waals surface area (Å²) in [6, 6.07) is 5.05. The maximum absolute atomic E-state index is 13.6. The molecule has 0 aliphatic carbocycles. The van der Waals surface area contributed by atoms with Gasteiger partial charge < -0.3 is 14.8 Å². The predicted octanol–water partition coefficient (Wildman–Crippen LogP) is 3.51. The van der Waals surface area contributed by atoms with Gasteiger partial charge in [-0.3, -0.25) is 0 Å². The Kier molecular flexibility index (Phi) is 8.30. The number of hydrogen-bond acceptors (Lipinski definition) is 3. The van der Waals surface area contributed by atoms with Crippen LogP contribution in [0, 0.1) is 5.82 Å². The molecule has 1 aromatic carbocycles. The van der Waals surface area contributed by atoms with E-state index in [9.17, 15) is 4.39 Å². The maximum atomic E-state index is 13.6. The molecular formula is C15H23BrFNO2. The molecular weight excluding hydrogens is 325 g/mol. The fraction of sp³-hybridized carbons (Fsp3) is 0.600. The SMILES string of the molecule is CCNC(Cc1cccc(F)c1Br)C(OCC)OCC. The van der Waals surface area contributed by atoms with E-state index < -0.39 is 0 Å². The van der Waals surface area contributed by atoms with Crippen molar-refractivity contribution in [1.29, 1.82) is 0 Å². The molecule has 0 heterocycles. The number of nitrogens with one attached hydrogen (secondary N) is 1. The highest BCUT2D eigenvalue weighted by atomic mass is 79.9. The van der Waals surface area contributed by atoms with E-state index in [-0.39, 0.29) is 18.1 Å². The van der Waals surface area contributed by atoms with E-state index in [0.29, 0.717) is 24.1 Å². The lowest BCUT2D eigenvalue weighted by Gasteiger charge is -2.27. The average molecular weight is 348 g/mol. The molecule has 0 radical (unpaired) electrons. The van der Waals surface area contributed by atoms with Crippen LogP contribution in [0.4, 0.5) is 4.39 Å². The summed E-state index contributed by atoms with van der Waals surface area (Å²) in [4.78, 5) is 0. The van der Waals surface area contributed by atoms with Crippen molar-refractivity contribution < 1.29 is 13.9 Å². The third-order valence-electron chi connectivity index (χ3n) is 2.93. The van der Waals surface area contributed by atoms with Gasteiger partial charge in [0.15, 0.2) is 6.29 Å². The molecule has 0 aliphatic rings. The van der Waals surface area contributed by atoms with Crippen molar-refractivity contribution in [2.75, 3.05) is 19.8 Å². The Hall–Kier alpha value is -0.490. The molecule has 0 amide bonds. The number of halogens is 2. The maximum Gasteiger partial charge on any atom is 0.172 e. The van der Waals surface area contributed by atoms with Crippen molar-refractivity contribution in [1.82, 2.24) is 5.32 Å². The Labute approximate surface area is 129 Å². The zero-order chi connectivity index (χ0) is 15.0. The fourth-order valence-electron chi connectivity index (χ4n) is 2.08. The topological polar surface area (TPSA) is 30.5 Å². The summed E-state index contributed by atoms with van der Waals surface area (Å²) in [6.07, 6.45) is 0.303. The highest BCUT2D eigenvalue weighted by Gasteiger charge is 2.23. The minimum absolute atomic E-state index is 0.0157. The summed E-state index contributed by atoms with van der Waals surface area (Å²) in [5.74, 6) is -0.248. The van der Waals surface area contributed by atoms with Gasteiger partial charge in [0.05, 0.1) is 10.5 Å². The van der Waals surface area contributed by atoms with Crippen LogP contribution in [0.5, 0.6) is 0 Å². The third-order valence-corrected chi connectivity index (χ3v) is 3.82.